The number of rotatable bonds is 5. The van der Waals surface area contributed by atoms with Gasteiger partial charge >= 0.3 is 0 Å². The summed E-state index contributed by atoms with van der Waals surface area (Å²) in [5.41, 5.74) is 4.76. The third-order valence-corrected chi connectivity index (χ3v) is 3.39. The summed E-state index contributed by atoms with van der Waals surface area (Å²) in [6.45, 7) is 1.98. The van der Waals surface area contributed by atoms with Crippen LogP contribution in [0.3, 0.4) is 0 Å². The monoisotopic (exact) mass is 276 g/mol. The fraction of sp³-hybridized carbons (Fsp3) is 0.231. The maximum Gasteiger partial charge on any atom is 0.270 e. The zero-order valence-electron chi connectivity index (χ0n) is 10.6. The summed E-state index contributed by atoms with van der Waals surface area (Å²) in [5.74, 6) is 5.07. The minimum absolute atomic E-state index is 0.0659. The van der Waals surface area contributed by atoms with Gasteiger partial charge in [-0.05, 0) is 47.9 Å². The van der Waals surface area contributed by atoms with Crippen molar-refractivity contribution in [3.05, 3.63) is 46.4 Å². The maximum atomic E-state index is 12.0. The number of hydrogen-bond donors (Lipinski definition) is 3. The molecule has 19 heavy (non-hydrogen) atoms. The molecule has 2 aromatic heterocycles. The van der Waals surface area contributed by atoms with Crippen LogP contribution < -0.4 is 16.6 Å². The minimum Gasteiger partial charge on any atom is -0.348 e. The van der Waals surface area contributed by atoms with Gasteiger partial charge in [-0.3, -0.25) is 10.6 Å². The van der Waals surface area contributed by atoms with Crippen molar-refractivity contribution in [3.8, 4) is 0 Å². The number of carbonyl (C=O) groups excluding carboxylic acids is 1. The van der Waals surface area contributed by atoms with Crippen molar-refractivity contribution >= 4 is 22.9 Å². The average molecular weight is 276 g/mol. The van der Waals surface area contributed by atoms with Gasteiger partial charge < -0.3 is 10.7 Å². The Morgan fingerprint density at radius 1 is 1.47 bits per heavy atom. The van der Waals surface area contributed by atoms with E-state index in [9.17, 15) is 4.79 Å². The van der Waals surface area contributed by atoms with Crippen molar-refractivity contribution in [1.29, 1.82) is 0 Å². The van der Waals surface area contributed by atoms with Crippen LogP contribution in [0, 0.1) is 0 Å². The first-order valence-corrected chi connectivity index (χ1v) is 6.88. The standard InChI is InChI=1S/C13H16N4OS/c1-9(6-10-4-5-19-8-10)16-13(18)12-3-2-11(17-14)7-15-12/h2-5,7-9,17H,6,14H2,1H3,(H,16,18). The topological polar surface area (TPSA) is 80.0 Å². The van der Waals surface area contributed by atoms with Gasteiger partial charge in [0.05, 0.1) is 11.9 Å². The second-order valence-electron chi connectivity index (χ2n) is 4.29. The van der Waals surface area contributed by atoms with Gasteiger partial charge in [-0.25, -0.2) is 4.98 Å². The molecule has 0 aliphatic carbocycles. The number of amides is 1. The van der Waals surface area contributed by atoms with Crippen LogP contribution in [0.4, 0.5) is 5.69 Å². The first kappa shape index (κ1) is 13.5. The van der Waals surface area contributed by atoms with E-state index >= 15 is 0 Å². The molecule has 2 aromatic rings. The lowest BCUT2D eigenvalue weighted by atomic mass is 10.1. The highest BCUT2D eigenvalue weighted by molar-refractivity contribution is 7.07. The van der Waals surface area contributed by atoms with Gasteiger partial charge in [0.25, 0.3) is 5.91 Å². The van der Waals surface area contributed by atoms with Gasteiger partial charge in [0, 0.05) is 6.04 Å². The molecule has 0 saturated heterocycles. The Bertz CT molecular complexity index is 524. The lowest BCUT2D eigenvalue weighted by molar-refractivity contribution is 0.0935. The molecule has 0 saturated carbocycles. The van der Waals surface area contributed by atoms with Gasteiger partial charge in [0.1, 0.15) is 5.69 Å². The van der Waals surface area contributed by atoms with Crippen LogP contribution in [0.2, 0.25) is 0 Å². The summed E-state index contributed by atoms with van der Waals surface area (Å²) in [5, 5.41) is 7.04. The van der Waals surface area contributed by atoms with Gasteiger partial charge in [0.15, 0.2) is 0 Å². The van der Waals surface area contributed by atoms with Gasteiger partial charge in [0.2, 0.25) is 0 Å². The van der Waals surface area contributed by atoms with Crippen LogP contribution in [-0.2, 0) is 6.42 Å². The van der Waals surface area contributed by atoms with E-state index < -0.39 is 0 Å². The molecule has 1 amide bonds. The van der Waals surface area contributed by atoms with Crippen LogP contribution in [0.5, 0.6) is 0 Å². The van der Waals surface area contributed by atoms with Crippen LogP contribution in [0.15, 0.2) is 35.2 Å². The third-order valence-electron chi connectivity index (χ3n) is 2.66. The summed E-state index contributed by atoms with van der Waals surface area (Å²) in [6.07, 6.45) is 2.34. The van der Waals surface area contributed by atoms with E-state index in [1.54, 1.807) is 23.5 Å². The van der Waals surface area contributed by atoms with Gasteiger partial charge in [-0.15, -0.1) is 0 Å². The number of aromatic nitrogens is 1. The number of nitrogens with zero attached hydrogens (tertiary/aromatic N) is 1. The number of nitrogens with two attached hydrogens (primary N) is 1. The van der Waals surface area contributed by atoms with E-state index in [4.69, 9.17) is 5.84 Å². The molecule has 1 atom stereocenters. The Hall–Kier alpha value is -1.92. The van der Waals surface area contributed by atoms with Crippen LogP contribution in [-0.4, -0.2) is 16.9 Å². The van der Waals surface area contributed by atoms with E-state index in [0.717, 1.165) is 6.42 Å². The van der Waals surface area contributed by atoms with Gasteiger partial charge in [-0.1, -0.05) is 0 Å². The molecule has 0 spiro atoms. The molecule has 0 aliphatic heterocycles. The van der Waals surface area contributed by atoms with Crippen molar-refractivity contribution in [2.24, 2.45) is 5.84 Å². The Morgan fingerprint density at radius 3 is 2.89 bits per heavy atom. The van der Waals surface area contributed by atoms with E-state index in [1.807, 2.05) is 12.3 Å². The van der Waals surface area contributed by atoms with Gasteiger partial charge in [-0.2, -0.15) is 11.3 Å². The fourth-order valence-electron chi connectivity index (χ4n) is 1.72. The molecule has 100 valence electrons. The summed E-state index contributed by atoms with van der Waals surface area (Å²) in [6, 6.07) is 5.48. The van der Waals surface area contributed by atoms with E-state index in [0.29, 0.717) is 11.4 Å². The highest BCUT2D eigenvalue weighted by Gasteiger charge is 2.11. The average Bonchev–Trinajstić information content (AvgIpc) is 2.91. The maximum absolute atomic E-state index is 12.0. The molecule has 5 nitrogen and oxygen atoms in total. The first-order valence-electron chi connectivity index (χ1n) is 5.93. The third kappa shape index (κ3) is 3.77. The Balaban J connectivity index is 1.92. The molecule has 4 N–H and O–H groups in total. The van der Waals surface area contributed by atoms with Crippen LogP contribution in [0.1, 0.15) is 23.0 Å². The predicted octanol–water partition coefficient (Wildman–Crippen LogP) is 1.79. The quantitative estimate of drug-likeness (QED) is 0.574. The predicted molar refractivity (Wildman–Crippen MR) is 77.0 cm³/mol. The molecule has 2 heterocycles. The number of thiophene rings is 1. The second kappa shape index (κ2) is 6.31. The summed E-state index contributed by atoms with van der Waals surface area (Å²) < 4.78 is 0. The Labute approximate surface area is 115 Å². The molecule has 0 fully saturated rings. The Morgan fingerprint density at radius 2 is 2.32 bits per heavy atom. The van der Waals surface area contributed by atoms with Crippen molar-refractivity contribution in [1.82, 2.24) is 10.3 Å². The van der Waals surface area contributed by atoms with Crippen molar-refractivity contribution in [3.63, 3.8) is 0 Å². The van der Waals surface area contributed by atoms with Crippen molar-refractivity contribution in [2.45, 2.75) is 19.4 Å². The number of nitrogen functional groups attached to an aromatic ring is 1. The number of hydrazine groups is 1. The molecule has 0 bridgehead atoms. The molecule has 0 radical (unpaired) electrons. The van der Waals surface area contributed by atoms with E-state index in [-0.39, 0.29) is 11.9 Å². The highest BCUT2D eigenvalue weighted by Crippen LogP contribution is 2.09. The minimum atomic E-state index is -0.175. The second-order valence-corrected chi connectivity index (χ2v) is 5.07. The fourth-order valence-corrected chi connectivity index (χ4v) is 2.41. The molecular weight excluding hydrogens is 260 g/mol. The summed E-state index contributed by atoms with van der Waals surface area (Å²) >= 11 is 1.66. The zero-order chi connectivity index (χ0) is 13.7. The molecule has 1 unspecified atom stereocenters. The normalized spacial score (nSPS) is 11.9. The molecule has 2 rings (SSSR count). The lowest BCUT2D eigenvalue weighted by Gasteiger charge is -2.12. The number of carbonyl (C=O) groups is 1. The smallest absolute Gasteiger partial charge is 0.270 e. The van der Waals surface area contributed by atoms with Crippen molar-refractivity contribution in [2.75, 3.05) is 5.43 Å². The number of pyridine rings is 1. The zero-order valence-corrected chi connectivity index (χ0v) is 11.4. The van der Waals surface area contributed by atoms with Crippen LogP contribution in [0.25, 0.3) is 0 Å². The largest absolute Gasteiger partial charge is 0.348 e. The molecule has 0 aliphatic rings. The van der Waals surface area contributed by atoms with E-state index in [2.05, 4.69) is 27.2 Å². The van der Waals surface area contributed by atoms with E-state index in [1.165, 1.54) is 11.8 Å². The first-order chi connectivity index (χ1) is 9.19. The molecular formula is C13H16N4OS. The lowest BCUT2D eigenvalue weighted by Crippen LogP contribution is -2.34. The van der Waals surface area contributed by atoms with Crippen molar-refractivity contribution < 1.29 is 4.79 Å². The number of nitrogens with one attached hydrogen (secondary N) is 2. The summed E-state index contributed by atoms with van der Waals surface area (Å²) in [7, 11) is 0. The number of anilines is 1. The van der Waals surface area contributed by atoms with Crippen LogP contribution >= 0.6 is 11.3 Å². The number of hydrogen-bond acceptors (Lipinski definition) is 5. The highest BCUT2D eigenvalue weighted by atomic mass is 32.1. The molecule has 6 heteroatoms. The SMILES string of the molecule is CC(Cc1ccsc1)NC(=O)c1ccc(NN)cn1. The molecule has 0 aromatic carbocycles. The Kier molecular flexibility index (Phi) is 4.48. The summed E-state index contributed by atoms with van der Waals surface area (Å²) in [4.78, 5) is 16.0.